The molecule has 9 rings (SSSR count). The standard InChI is InChI=1S/C54H44N2O7S2/c1-37-9-29-47(30-10-37)64(57,58)48-31-25-45(26-32-48)62-42-19-13-39(14-20-42)54(2,3)40-15-21-43(22-16-40)63-46-27-35-50(36-28-46)65(59,60)49-33-23-44(24-34-49)61-41-17-11-38(12-18-41)53-55-51-7-5-6-8-52(51)56(53)4/h5-36H,1-4H3. The maximum atomic E-state index is 13.6. The first-order valence-electron chi connectivity index (χ1n) is 20.9. The molecule has 0 aliphatic rings. The van der Waals surface area contributed by atoms with Crippen molar-refractivity contribution in [2.75, 3.05) is 0 Å². The monoisotopic (exact) mass is 896 g/mol. The average Bonchev–Trinajstić information content (AvgIpc) is 3.66. The smallest absolute Gasteiger partial charge is 0.206 e. The summed E-state index contributed by atoms with van der Waals surface area (Å²) >= 11 is 0. The summed E-state index contributed by atoms with van der Waals surface area (Å²) in [5.41, 5.74) is 5.71. The number of hydrogen-bond acceptors (Lipinski definition) is 8. The Labute approximate surface area is 379 Å². The number of ether oxygens (including phenoxy) is 3. The van der Waals surface area contributed by atoms with Crippen molar-refractivity contribution in [2.24, 2.45) is 7.05 Å². The molecule has 1 aromatic heterocycles. The van der Waals surface area contributed by atoms with Crippen LogP contribution in [0.4, 0.5) is 0 Å². The molecule has 0 fully saturated rings. The van der Waals surface area contributed by atoms with E-state index in [1.807, 2.05) is 111 Å². The van der Waals surface area contributed by atoms with E-state index in [1.165, 1.54) is 12.1 Å². The molecule has 1 heterocycles. The van der Waals surface area contributed by atoms with Crippen LogP contribution in [-0.2, 0) is 32.1 Å². The Bertz CT molecular complexity index is 3350. The molecule has 324 valence electrons. The summed E-state index contributed by atoms with van der Waals surface area (Å²) in [4.78, 5) is 5.51. The van der Waals surface area contributed by atoms with Gasteiger partial charge in [0.1, 0.15) is 40.3 Å². The van der Waals surface area contributed by atoms with Gasteiger partial charge in [-0.05, 0) is 164 Å². The summed E-state index contributed by atoms with van der Waals surface area (Å²) in [6, 6.07) is 57.2. The maximum absolute atomic E-state index is 13.6. The second-order valence-corrected chi connectivity index (χ2v) is 20.1. The van der Waals surface area contributed by atoms with Gasteiger partial charge in [0.05, 0.1) is 30.6 Å². The highest BCUT2D eigenvalue weighted by Crippen LogP contribution is 2.36. The molecule has 0 aliphatic heterocycles. The van der Waals surface area contributed by atoms with Crippen molar-refractivity contribution in [1.82, 2.24) is 9.55 Å². The Kier molecular flexibility index (Phi) is 11.4. The van der Waals surface area contributed by atoms with Crippen LogP contribution in [0, 0.1) is 6.92 Å². The van der Waals surface area contributed by atoms with Gasteiger partial charge in [0.15, 0.2) is 0 Å². The fourth-order valence-corrected chi connectivity index (χ4v) is 10.1. The SMILES string of the molecule is Cc1ccc(S(=O)(=O)c2ccc(Oc3ccc(C(C)(C)c4ccc(Oc5ccc(S(=O)(=O)c6ccc(Oc7ccc(-c8nc9ccccc9n8C)cc7)cc6)cc5)cc4)cc3)cc2)cc1. The lowest BCUT2D eigenvalue weighted by Gasteiger charge is -2.26. The van der Waals surface area contributed by atoms with E-state index < -0.39 is 19.7 Å². The van der Waals surface area contributed by atoms with Gasteiger partial charge in [-0.2, -0.15) is 0 Å². The van der Waals surface area contributed by atoms with Crippen LogP contribution in [0.2, 0.25) is 0 Å². The molecule has 0 bridgehead atoms. The molecule has 0 saturated carbocycles. The van der Waals surface area contributed by atoms with Crippen LogP contribution in [-0.4, -0.2) is 26.4 Å². The molecule has 8 aromatic carbocycles. The van der Waals surface area contributed by atoms with Crippen LogP contribution in [0.25, 0.3) is 22.4 Å². The van der Waals surface area contributed by atoms with E-state index in [0.717, 1.165) is 39.1 Å². The maximum Gasteiger partial charge on any atom is 0.206 e. The van der Waals surface area contributed by atoms with Crippen LogP contribution in [0.1, 0.15) is 30.5 Å². The van der Waals surface area contributed by atoms with Crippen molar-refractivity contribution in [3.8, 4) is 45.9 Å². The molecular formula is C54H44N2O7S2. The molecule has 0 amide bonds. The number of sulfone groups is 2. The summed E-state index contributed by atoms with van der Waals surface area (Å²) in [6.07, 6.45) is 0. The topological polar surface area (TPSA) is 114 Å². The summed E-state index contributed by atoms with van der Waals surface area (Å²) < 4.78 is 73.5. The first-order valence-corrected chi connectivity index (χ1v) is 23.8. The summed E-state index contributed by atoms with van der Waals surface area (Å²) in [5, 5.41) is 0. The van der Waals surface area contributed by atoms with E-state index in [-0.39, 0.29) is 25.0 Å². The highest BCUT2D eigenvalue weighted by molar-refractivity contribution is 7.91. The lowest BCUT2D eigenvalue weighted by molar-refractivity contribution is 0.480. The number of benzene rings is 8. The summed E-state index contributed by atoms with van der Waals surface area (Å²) in [5.74, 6) is 4.24. The van der Waals surface area contributed by atoms with Crippen LogP contribution in [0.3, 0.4) is 0 Å². The molecule has 9 nitrogen and oxygen atoms in total. The first-order chi connectivity index (χ1) is 31.2. The van der Waals surface area contributed by atoms with E-state index >= 15 is 0 Å². The van der Waals surface area contributed by atoms with Gasteiger partial charge in [0.25, 0.3) is 0 Å². The fourth-order valence-electron chi connectivity index (χ4n) is 7.58. The molecule has 11 heteroatoms. The normalized spacial score (nSPS) is 11.9. The van der Waals surface area contributed by atoms with Gasteiger partial charge in [-0.1, -0.05) is 67.9 Å². The van der Waals surface area contributed by atoms with Crippen LogP contribution >= 0.6 is 0 Å². The van der Waals surface area contributed by atoms with Gasteiger partial charge in [0, 0.05) is 18.0 Å². The molecule has 0 N–H and O–H groups in total. The third kappa shape index (κ3) is 8.89. The van der Waals surface area contributed by atoms with Crippen molar-refractivity contribution in [1.29, 1.82) is 0 Å². The minimum atomic E-state index is -3.80. The second-order valence-electron chi connectivity index (χ2n) is 16.2. The zero-order valence-electron chi connectivity index (χ0n) is 36.0. The fraction of sp³-hybridized carbons (Fsp3) is 0.0926. The van der Waals surface area contributed by atoms with Crippen molar-refractivity contribution in [3.05, 3.63) is 211 Å². The van der Waals surface area contributed by atoms with Crippen molar-refractivity contribution < 1.29 is 31.0 Å². The van der Waals surface area contributed by atoms with E-state index in [0.29, 0.717) is 34.5 Å². The molecule has 0 spiro atoms. The van der Waals surface area contributed by atoms with Crippen molar-refractivity contribution in [3.63, 3.8) is 0 Å². The lowest BCUT2D eigenvalue weighted by atomic mass is 9.78. The van der Waals surface area contributed by atoms with E-state index in [4.69, 9.17) is 19.2 Å². The number of aromatic nitrogens is 2. The number of aryl methyl sites for hydroxylation is 2. The van der Waals surface area contributed by atoms with Gasteiger partial charge in [-0.3, -0.25) is 0 Å². The Balaban J connectivity index is 0.791. The van der Waals surface area contributed by atoms with Gasteiger partial charge in [-0.15, -0.1) is 0 Å². The van der Waals surface area contributed by atoms with Crippen LogP contribution in [0.5, 0.6) is 34.5 Å². The Morgan fingerprint density at radius 2 is 0.754 bits per heavy atom. The summed E-state index contributed by atoms with van der Waals surface area (Å²) in [7, 11) is -5.44. The molecule has 0 atom stereocenters. The number of hydrogen-bond donors (Lipinski definition) is 0. The molecule has 9 aromatic rings. The van der Waals surface area contributed by atoms with Gasteiger partial charge in [0.2, 0.25) is 19.7 Å². The second kappa shape index (κ2) is 17.2. The predicted molar refractivity (Wildman–Crippen MR) is 253 cm³/mol. The molecule has 0 radical (unpaired) electrons. The number of rotatable bonds is 13. The number of fused-ring (bicyclic) bond motifs is 1. The van der Waals surface area contributed by atoms with Gasteiger partial charge in [-0.25, -0.2) is 21.8 Å². The van der Waals surface area contributed by atoms with Crippen LogP contribution < -0.4 is 14.2 Å². The quantitative estimate of drug-likeness (QED) is 0.112. The summed E-state index contributed by atoms with van der Waals surface area (Å²) in [6.45, 7) is 6.18. The lowest BCUT2D eigenvalue weighted by Crippen LogP contribution is -2.18. The molecule has 0 aliphatic carbocycles. The minimum Gasteiger partial charge on any atom is -0.457 e. The number of imidazole rings is 1. The third-order valence-corrected chi connectivity index (χ3v) is 15.1. The highest BCUT2D eigenvalue weighted by atomic mass is 32.2. The van der Waals surface area contributed by atoms with Crippen molar-refractivity contribution in [2.45, 2.75) is 45.8 Å². The number of para-hydroxylation sites is 2. The van der Waals surface area contributed by atoms with Crippen LogP contribution in [0.15, 0.2) is 214 Å². The van der Waals surface area contributed by atoms with E-state index in [2.05, 4.69) is 18.4 Å². The van der Waals surface area contributed by atoms with E-state index in [9.17, 15) is 16.8 Å². The Hall–Kier alpha value is -7.47. The minimum absolute atomic E-state index is 0.145. The van der Waals surface area contributed by atoms with Crippen molar-refractivity contribution >= 4 is 30.7 Å². The average molecular weight is 897 g/mol. The molecular weight excluding hydrogens is 853 g/mol. The highest BCUT2D eigenvalue weighted by Gasteiger charge is 2.24. The zero-order valence-corrected chi connectivity index (χ0v) is 37.7. The zero-order chi connectivity index (χ0) is 45.3. The molecule has 0 saturated heterocycles. The predicted octanol–water partition coefficient (Wildman–Crippen LogP) is 12.9. The third-order valence-electron chi connectivity index (χ3n) is 11.5. The Morgan fingerprint density at radius 1 is 0.431 bits per heavy atom. The number of nitrogens with zero attached hydrogens (tertiary/aromatic N) is 2. The largest absolute Gasteiger partial charge is 0.457 e. The van der Waals surface area contributed by atoms with Gasteiger partial charge >= 0.3 is 0 Å². The first kappa shape index (κ1) is 42.8. The Morgan fingerprint density at radius 3 is 1.12 bits per heavy atom. The molecule has 0 unspecified atom stereocenters. The molecule has 65 heavy (non-hydrogen) atoms. The van der Waals surface area contributed by atoms with E-state index in [1.54, 1.807) is 84.9 Å². The van der Waals surface area contributed by atoms with Gasteiger partial charge < -0.3 is 18.8 Å².